The van der Waals surface area contributed by atoms with E-state index in [2.05, 4.69) is 0 Å². The third-order valence-electron chi connectivity index (χ3n) is 1.10. The molecule has 0 aliphatic rings. The number of alkyl halides is 3. The van der Waals surface area contributed by atoms with Crippen LogP contribution in [0.15, 0.2) is 0 Å². The lowest BCUT2D eigenvalue weighted by atomic mass is 10.1. The summed E-state index contributed by atoms with van der Waals surface area (Å²) in [5, 5.41) is 0. The number of halogens is 3. The van der Waals surface area contributed by atoms with Crippen molar-refractivity contribution in [3.8, 4) is 0 Å². The second-order valence-electron chi connectivity index (χ2n) is 2.19. The zero-order valence-electron chi connectivity index (χ0n) is 5.63. The lowest BCUT2D eigenvalue weighted by molar-refractivity contribution is -0.0287. The fraction of sp³-hybridized carbons (Fsp3) is 1.00. The van der Waals surface area contributed by atoms with Crippen LogP contribution in [-0.2, 0) is 0 Å². The molecule has 0 saturated carbocycles. The monoisotopic (exact) mass is 140 g/mol. The molecule has 0 aromatic heterocycles. The molecule has 0 spiro atoms. The molecule has 0 aromatic carbocycles. The van der Waals surface area contributed by atoms with E-state index in [0.29, 0.717) is 0 Å². The largest absolute Gasteiger partial charge is 0.250 e. The Kier molecular flexibility index (Phi) is 3.01. The highest BCUT2D eigenvalue weighted by molar-refractivity contribution is 4.66. The molecule has 0 nitrogen and oxygen atoms in total. The fourth-order valence-corrected chi connectivity index (χ4v) is 0.556. The second-order valence-corrected chi connectivity index (χ2v) is 2.19. The predicted octanol–water partition coefficient (Wildman–Crippen LogP) is 2.78. The first-order valence-electron chi connectivity index (χ1n) is 3.00. The Balaban J connectivity index is 3.58. The van der Waals surface area contributed by atoms with Gasteiger partial charge in [0.15, 0.2) is 0 Å². The van der Waals surface area contributed by atoms with Crippen LogP contribution in [0.25, 0.3) is 0 Å². The molecule has 0 saturated heterocycles. The summed E-state index contributed by atoms with van der Waals surface area (Å²) < 4.78 is 36.2. The molecule has 0 rings (SSSR count). The SMILES string of the molecule is CCC(F)(F)CC(C)F. The molecule has 0 radical (unpaired) electrons. The molecule has 0 N–H and O–H groups in total. The van der Waals surface area contributed by atoms with Crippen molar-refractivity contribution in [3.63, 3.8) is 0 Å². The van der Waals surface area contributed by atoms with Gasteiger partial charge in [0.1, 0.15) is 6.17 Å². The van der Waals surface area contributed by atoms with E-state index < -0.39 is 18.5 Å². The second kappa shape index (κ2) is 3.08. The van der Waals surface area contributed by atoms with E-state index >= 15 is 0 Å². The highest BCUT2D eigenvalue weighted by atomic mass is 19.3. The van der Waals surface area contributed by atoms with Gasteiger partial charge in [0, 0.05) is 12.8 Å². The van der Waals surface area contributed by atoms with Crippen LogP contribution < -0.4 is 0 Å². The van der Waals surface area contributed by atoms with Crippen molar-refractivity contribution in [1.82, 2.24) is 0 Å². The van der Waals surface area contributed by atoms with E-state index in [9.17, 15) is 13.2 Å². The van der Waals surface area contributed by atoms with Gasteiger partial charge in [-0.15, -0.1) is 0 Å². The van der Waals surface area contributed by atoms with Gasteiger partial charge in [0.05, 0.1) is 0 Å². The van der Waals surface area contributed by atoms with Crippen molar-refractivity contribution in [3.05, 3.63) is 0 Å². The summed E-state index contributed by atoms with van der Waals surface area (Å²) in [6.07, 6.45) is -2.33. The number of hydrogen-bond acceptors (Lipinski definition) is 0. The van der Waals surface area contributed by atoms with Crippen molar-refractivity contribution in [2.75, 3.05) is 0 Å². The Morgan fingerprint density at radius 3 is 2.00 bits per heavy atom. The van der Waals surface area contributed by atoms with Crippen LogP contribution in [0.2, 0.25) is 0 Å². The Labute approximate surface area is 53.1 Å². The molecule has 1 atom stereocenters. The zero-order chi connectivity index (χ0) is 7.49. The molecule has 1 unspecified atom stereocenters. The van der Waals surface area contributed by atoms with Crippen LogP contribution in [0.3, 0.4) is 0 Å². The average molecular weight is 140 g/mol. The lowest BCUT2D eigenvalue weighted by Gasteiger charge is -2.13. The topological polar surface area (TPSA) is 0 Å². The Bertz CT molecular complexity index is 78.4. The van der Waals surface area contributed by atoms with E-state index in [-0.39, 0.29) is 6.42 Å². The molecule has 0 fully saturated rings. The molecule has 0 amide bonds. The summed E-state index contributed by atoms with van der Waals surface area (Å²) in [6, 6.07) is 0. The van der Waals surface area contributed by atoms with Crippen LogP contribution >= 0.6 is 0 Å². The first-order valence-corrected chi connectivity index (χ1v) is 3.00. The molecular weight excluding hydrogens is 129 g/mol. The molecule has 0 aliphatic carbocycles. The van der Waals surface area contributed by atoms with Crippen molar-refractivity contribution in [1.29, 1.82) is 0 Å². The Hall–Kier alpha value is -0.210. The standard InChI is InChI=1S/C6H11F3/c1-3-6(8,9)4-5(2)7/h5H,3-4H2,1-2H3. The quantitative estimate of drug-likeness (QED) is 0.565. The molecular formula is C6H11F3. The van der Waals surface area contributed by atoms with Crippen LogP contribution in [-0.4, -0.2) is 12.1 Å². The van der Waals surface area contributed by atoms with Gasteiger partial charge in [0.25, 0.3) is 5.92 Å². The normalized spacial score (nSPS) is 15.7. The van der Waals surface area contributed by atoms with E-state index in [1.54, 1.807) is 0 Å². The predicted molar refractivity (Wildman–Crippen MR) is 30.4 cm³/mol. The van der Waals surface area contributed by atoms with Crippen LogP contribution in [0.4, 0.5) is 13.2 Å². The van der Waals surface area contributed by atoms with Gasteiger partial charge in [-0.25, -0.2) is 13.2 Å². The smallest absolute Gasteiger partial charge is 0.248 e. The maximum Gasteiger partial charge on any atom is 0.250 e. The molecule has 3 heteroatoms. The summed E-state index contributed by atoms with van der Waals surface area (Å²) in [4.78, 5) is 0. The third kappa shape index (κ3) is 4.30. The summed E-state index contributed by atoms with van der Waals surface area (Å²) in [5.74, 6) is -2.81. The fourth-order valence-electron chi connectivity index (χ4n) is 0.556. The third-order valence-corrected chi connectivity index (χ3v) is 1.10. The van der Waals surface area contributed by atoms with E-state index in [1.165, 1.54) is 6.92 Å². The summed E-state index contributed by atoms with van der Waals surface area (Å²) >= 11 is 0. The Morgan fingerprint density at radius 2 is 1.89 bits per heavy atom. The van der Waals surface area contributed by atoms with Gasteiger partial charge in [-0.1, -0.05) is 6.92 Å². The van der Waals surface area contributed by atoms with E-state index in [1.807, 2.05) is 0 Å². The van der Waals surface area contributed by atoms with Crippen molar-refractivity contribution in [2.24, 2.45) is 0 Å². The van der Waals surface area contributed by atoms with Crippen LogP contribution in [0, 0.1) is 0 Å². The highest BCUT2D eigenvalue weighted by Gasteiger charge is 2.28. The van der Waals surface area contributed by atoms with Crippen molar-refractivity contribution in [2.45, 2.75) is 38.8 Å². The average Bonchev–Trinajstić information content (AvgIpc) is 1.63. The molecule has 0 aliphatic heterocycles. The lowest BCUT2D eigenvalue weighted by Crippen LogP contribution is -2.18. The zero-order valence-corrected chi connectivity index (χ0v) is 5.63. The molecule has 0 bridgehead atoms. The van der Waals surface area contributed by atoms with Gasteiger partial charge in [-0.2, -0.15) is 0 Å². The van der Waals surface area contributed by atoms with Crippen molar-refractivity contribution >= 4 is 0 Å². The minimum atomic E-state index is -2.81. The van der Waals surface area contributed by atoms with Gasteiger partial charge in [0.2, 0.25) is 0 Å². The number of rotatable bonds is 3. The van der Waals surface area contributed by atoms with Gasteiger partial charge in [-0.05, 0) is 6.92 Å². The minimum Gasteiger partial charge on any atom is -0.248 e. The highest BCUT2D eigenvalue weighted by Crippen LogP contribution is 2.24. The summed E-state index contributed by atoms with van der Waals surface area (Å²) in [5.41, 5.74) is 0. The molecule has 56 valence electrons. The first kappa shape index (κ1) is 8.79. The van der Waals surface area contributed by atoms with E-state index in [4.69, 9.17) is 0 Å². The minimum absolute atomic E-state index is 0.277. The van der Waals surface area contributed by atoms with Crippen molar-refractivity contribution < 1.29 is 13.2 Å². The maximum absolute atomic E-state index is 12.2. The molecule has 0 heterocycles. The van der Waals surface area contributed by atoms with Crippen LogP contribution in [0.1, 0.15) is 26.7 Å². The first-order chi connectivity index (χ1) is 3.98. The molecule has 0 aromatic rings. The maximum atomic E-state index is 12.2. The number of hydrogen-bond donors (Lipinski definition) is 0. The molecule has 9 heavy (non-hydrogen) atoms. The van der Waals surface area contributed by atoms with Gasteiger partial charge >= 0.3 is 0 Å². The Morgan fingerprint density at radius 1 is 1.44 bits per heavy atom. The summed E-state index contributed by atoms with van der Waals surface area (Å²) in [6.45, 7) is 2.49. The summed E-state index contributed by atoms with van der Waals surface area (Å²) in [7, 11) is 0. The van der Waals surface area contributed by atoms with Gasteiger partial charge < -0.3 is 0 Å². The van der Waals surface area contributed by atoms with E-state index in [0.717, 1.165) is 6.92 Å². The van der Waals surface area contributed by atoms with Gasteiger partial charge in [-0.3, -0.25) is 0 Å². The van der Waals surface area contributed by atoms with Crippen LogP contribution in [0.5, 0.6) is 0 Å².